The van der Waals surface area contributed by atoms with Crippen molar-refractivity contribution >= 4 is 39.6 Å². The zero-order chi connectivity index (χ0) is 19.6. The Morgan fingerprint density at radius 1 is 1.03 bits per heavy atom. The molecular weight excluding hydrogens is 382 g/mol. The Bertz CT molecular complexity index is 1070. The highest BCUT2D eigenvalue weighted by Gasteiger charge is 2.25. The highest BCUT2D eigenvalue weighted by atomic mass is 32.1. The number of carbonyl (C=O) groups is 1. The SMILES string of the molecule is O=C(Nc1nccs1)c1cccc2c1N=C(c1cccnc1N1CCCCC1)C2. The molecule has 0 aliphatic carbocycles. The van der Waals surface area contributed by atoms with E-state index < -0.39 is 0 Å². The summed E-state index contributed by atoms with van der Waals surface area (Å²) in [6.07, 6.45) is 7.91. The van der Waals surface area contributed by atoms with Crippen molar-refractivity contribution in [2.45, 2.75) is 25.7 Å². The lowest BCUT2D eigenvalue weighted by Crippen LogP contribution is -2.31. The number of pyridine rings is 1. The predicted octanol–water partition coefficient (Wildman–Crippen LogP) is 4.46. The molecule has 2 aliphatic heterocycles. The first-order valence-electron chi connectivity index (χ1n) is 9.90. The average molecular weight is 404 g/mol. The second-order valence-corrected chi connectivity index (χ2v) is 8.16. The zero-order valence-corrected chi connectivity index (χ0v) is 16.8. The number of thiazole rings is 1. The number of aromatic nitrogens is 2. The van der Waals surface area contributed by atoms with Crippen LogP contribution >= 0.6 is 11.3 Å². The molecule has 1 N–H and O–H groups in total. The normalized spacial score (nSPS) is 15.7. The third-order valence-electron chi connectivity index (χ3n) is 5.37. The first-order valence-corrected chi connectivity index (χ1v) is 10.8. The van der Waals surface area contributed by atoms with Crippen molar-refractivity contribution in [1.29, 1.82) is 0 Å². The number of para-hydroxylation sites is 1. The molecule has 7 heteroatoms. The van der Waals surface area contributed by atoms with Crippen LogP contribution in [0.3, 0.4) is 0 Å². The molecule has 6 nitrogen and oxygen atoms in total. The van der Waals surface area contributed by atoms with E-state index in [1.165, 1.54) is 30.6 Å². The highest BCUT2D eigenvalue weighted by Crippen LogP contribution is 2.35. The Morgan fingerprint density at radius 2 is 1.93 bits per heavy atom. The van der Waals surface area contributed by atoms with Crippen molar-refractivity contribution in [2.24, 2.45) is 4.99 Å². The van der Waals surface area contributed by atoms with Gasteiger partial charge in [-0.25, -0.2) is 9.97 Å². The van der Waals surface area contributed by atoms with E-state index in [9.17, 15) is 4.79 Å². The van der Waals surface area contributed by atoms with Crippen LogP contribution < -0.4 is 10.2 Å². The van der Waals surface area contributed by atoms with Crippen molar-refractivity contribution in [3.63, 3.8) is 0 Å². The lowest BCUT2D eigenvalue weighted by molar-refractivity contribution is 0.102. The van der Waals surface area contributed by atoms with E-state index in [0.717, 1.165) is 41.4 Å². The molecule has 0 bridgehead atoms. The van der Waals surface area contributed by atoms with Gasteiger partial charge in [-0.1, -0.05) is 12.1 Å². The topological polar surface area (TPSA) is 70.5 Å². The molecule has 1 fully saturated rings. The fourth-order valence-corrected chi connectivity index (χ4v) is 4.51. The van der Waals surface area contributed by atoms with Gasteiger partial charge in [-0.3, -0.25) is 15.1 Å². The molecule has 4 heterocycles. The number of piperidine rings is 1. The van der Waals surface area contributed by atoms with Crippen LogP contribution in [0.15, 0.2) is 53.1 Å². The third kappa shape index (κ3) is 3.53. The average Bonchev–Trinajstić information content (AvgIpc) is 3.43. The predicted molar refractivity (Wildman–Crippen MR) is 117 cm³/mol. The highest BCUT2D eigenvalue weighted by molar-refractivity contribution is 7.13. The number of nitrogens with one attached hydrogen (secondary N) is 1. The van der Waals surface area contributed by atoms with Gasteiger partial charge in [0.25, 0.3) is 5.91 Å². The Balaban J connectivity index is 1.48. The van der Waals surface area contributed by atoms with Gasteiger partial charge in [-0.05, 0) is 43.0 Å². The van der Waals surface area contributed by atoms with E-state index in [0.29, 0.717) is 17.1 Å². The van der Waals surface area contributed by atoms with Crippen molar-refractivity contribution in [1.82, 2.24) is 9.97 Å². The minimum Gasteiger partial charge on any atom is -0.356 e. The van der Waals surface area contributed by atoms with E-state index in [1.54, 1.807) is 6.20 Å². The Kier molecular flexibility index (Phi) is 4.81. The quantitative estimate of drug-likeness (QED) is 0.698. The summed E-state index contributed by atoms with van der Waals surface area (Å²) in [6.45, 7) is 2.07. The van der Waals surface area contributed by atoms with Crippen molar-refractivity contribution in [3.8, 4) is 0 Å². The van der Waals surface area contributed by atoms with E-state index in [1.807, 2.05) is 35.8 Å². The summed E-state index contributed by atoms with van der Waals surface area (Å²) in [5, 5.41) is 5.30. The summed E-state index contributed by atoms with van der Waals surface area (Å²) in [7, 11) is 0. The van der Waals surface area contributed by atoms with Gasteiger partial charge in [0, 0.05) is 42.8 Å². The van der Waals surface area contributed by atoms with Crippen molar-refractivity contribution < 1.29 is 4.79 Å². The van der Waals surface area contributed by atoms with Crippen molar-refractivity contribution in [2.75, 3.05) is 23.3 Å². The number of anilines is 2. The number of carbonyl (C=O) groups excluding carboxylic acids is 1. The number of fused-ring (bicyclic) bond motifs is 1. The van der Waals surface area contributed by atoms with Crippen LogP contribution in [0.1, 0.15) is 40.7 Å². The standard InChI is InChI=1S/C22H21N5OS/c28-21(26-22-24-10-13-29-22)17-7-4-6-15-14-18(25-19(15)17)16-8-5-9-23-20(16)27-11-2-1-3-12-27/h4-10,13H,1-3,11-12,14H2,(H,24,26,28). The van der Waals surface area contributed by atoms with E-state index in [-0.39, 0.29) is 5.91 Å². The monoisotopic (exact) mass is 403 g/mol. The minimum absolute atomic E-state index is 0.177. The van der Waals surface area contributed by atoms with Crippen LogP contribution in [-0.2, 0) is 6.42 Å². The number of aliphatic imine (C=N–C) groups is 1. The molecule has 2 aromatic heterocycles. The van der Waals surface area contributed by atoms with Gasteiger partial charge in [0.1, 0.15) is 5.82 Å². The molecule has 0 spiro atoms. The first kappa shape index (κ1) is 18.0. The second-order valence-electron chi connectivity index (χ2n) is 7.26. The number of amides is 1. The lowest BCUT2D eigenvalue weighted by Gasteiger charge is -2.29. The van der Waals surface area contributed by atoms with Crippen LogP contribution in [0.4, 0.5) is 16.6 Å². The zero-order valence-electron chi connectivity index (χ0n) is 16.0. The molecule has 0 radical (unpaired) electrons. The number of hydrogen-bond acceptors (Lipinski definition) is 6. The Hall–Kier alpha value is -3.06. The van der Waals surface area contributed by atoms with Gasteiger partial charge in [-0.2, -0.15) is 0 Å². The molecule has 1 saturated heterocycles. The summed E-state index contributed by atoms with van der Waals surface area (Å²) in [5.41, 5.74) is 4.45. The van der Waals surface area contributed by atoms with Gasteiger partial charge in [0.05, 0.1) is 17.0 Å². The van der Waals surface area contributed by atoms with E-state index >= 15 is 0 Å². The largest absolute Gasteiger partial charge is 0.356 e. The fourth-order valence-electron chi connectivity index (χ4n) is 3.99. The molecule has 3 aromatic rings. The van der Waals surface area contributed by atoms with Gasteiger partial charge in [0.2, 0.25) is 0 Å². The maximum atomic E-state index is 12.8. The molecule has 0 saturated carbocycles. The number of benzene rings is 1. The minimum atomic E-state index is -0.177. The lowest BCUT2D eigenvalue weighted by atomic mass is 10.0. The maximum absolute atomic E-state index is 12.8. The second kappa shape index (κ2) is 7.75. The molecule has 1 aromatic carbocycles. The molecule has 0 atom stereocenters. The summed E-state index contributed by atoms with van der Waals surface area (Å²) < 4.78 is 0. The van der Waals surface area contributed by atoms with Crippen LogP contribution in [0.25, 0.3) is 0 Å². The van der Waals surface area contributed by atoms with Crippen molar-refractivity contribution in [3.05, 3.63) is 64.8 Å². The third-order valence-corrected chi connectivity index (χ3v) is 6.06. The van der Waals surface area contributed by atoms with Gasteiger partial charge < -0.3 is 4.90 Å². The maximum Gasteiger partial charge on any atom is 0.259 e. The van der Waals surface area contributed by atoms with E-state index in [2.05, 4.69) is 26.3 Å². The molecule has 0 unspecified atom stereocenters. The summed E-state index contributed by atoms with van der Waals surface area (Å²) in [5.74, 6) is 0.830. The Labute approximate surface area is 173 Å². The van der Waals surface area contributed by atoms with Crippen LogP contribution in [0.5, 0.6) is 0 Å². The van der Waals surface area contributed by atoms with Crippen LogP contribution in [0, 0.1) is 0 Å². The number of nitrogens with zero attached hydrogens (tertiary/aromatic N) is 4. The number of hydrogen-bond donors (Lipinski definition) is 1. The smallest absolute Gasteiger partial charge is 0.259 e. The molecule has 5 rings (SSSR count). The van der Waals surface area contributed by atoms with Gasteiger partial charge in [-0.15, -0.1) is 11.3 Å². The summed E-state index contributed by atoms with van der Waals surface area (Å²) >= 11 is 1.40. The fraction of sp³-hybridized carbons (Fsp3) is 0.273. The number of rotatable bonds is 4. The first-order chi connectivity index (χ1) is 14.3. The van der Waals surface area contributed by atoms with E-state index in [4.69, 9.17) is 4.99 Å². The van der Waals surface area contributed by atoms with Gasteiger partial charge in [0.15, 0.2) is 5.13 Å². The van der Waals surface area contributed by atoms with Crippen LogP contribution in [-0.4, -0.2) is 34.7 Å². The summed E-state index contributed by atoms with van der Waals surface area (Å²) in [4.78, 5) is 28.9. The molecule has 146 valence electrons. The summed E-state index contributed by atoms with van der Waals surface area (Å²) in [6, 6.07) is 9.84. The molecule has 1 amide bonds. The van der Waals surface area contributed by atoms with Gasteiger partial charge >= 0.3 is 0 Å². The molecular formula is C22H21N5OS. The Morgan fingerprint density at radius 3 is 2.76 bits per heavy atom. The molecule has 2 aliphatic rings. The molecule has 29 heavy (non-hydrogen) atoms. The van der Waals surface area contributed by atoms with Crippen LogP contribution in [0.2, 0.25) is 0 Å².